The van der Waals surface area contributed by atoms with Crippen molar-refractivity contribution in [2.75, 3.05) is 5.73 Å². The largest absolute Gasteiger partial charge is 0.383 e. The maximum atomic E-state index is 12.3. The van der Waals surface area contributed by atoms with Gasteiger partial charge in [0.2, 0.25) is 10.0 Å². The Hall–Kier alpha value is -1.51. The van der Waals surface area contributed by atoms with E-state index in [1.165, 1.54) is 12.3 Å². The first-order chi connectivity index (χ1) is 9.40. The highest BCUT2D eigenvalue weighted by Gasteiger charge is 2.22. The van der Waals surface area contributed by atoms with Gasteiger partial charge in [0.25, 0.3) is 0 Å². The van der Waals surface area contributed by atoms with Crippen molar-refractivity contribution in [3.05, 3.63) is 46.8 Å². The van der Waals surface area contributed by atoms with E-state index in [0.717, 1.165) is 0 Å². The number of hydrogen-bond acceptors (Lipinski definition) is 5. The third kappa shape index (κ3) is 3.33. The lowest BCUT2D eigenvalue weighted by Gasteiger charge is -2.14. The molecule has 2 rings (SSSR count). The second-order valence-electron chi connectivity index (χ2n) is 4.13. The molecule has 8 heteroatoms. The maximum Gasteiger partial charge on any atom is 0.244 e. The quantitative estimate of drug-likeness (QED) is 0.870. The normalized spacial score (nSPS) is 13.1. The Balaban J connectivity index is 2.30. The fourth-order valence-electron chi connectivity index (χ4n) is 1.64. The van der Waals surface area contributed by atoms with Gasteiger partial charge in [-0.25, -0.2) is 18.1 Å². The fraction of sp³-hybridized carbons (Fsp3) is 0.167. The number of nitrogens with zero attached hydrogens (tertiary/aromatic N) is 2. The average molecular weight is 357 g/mol. The van der Waals surface area contributed by atoms with E-state index in [9.17, 15) is 8.42 Å². The molecule has 1 unspecified atom stereocenters. The molecule has 0 aliphatic carbocycles. The number of hydrogen-bond donors (Lipinski definition) is 2. The molecule has 0 aliphatic heterocycles. The van der Waals surface area contributed by atoms with Crippen LogP contribution in [-0.4, -0.2) is 18.4 Å². The molecule has 0 saturated heterocycles. The lowest BCUT2D eigenvalue weighted by molar-refractivity contribution is 0.564. The lowest BCUT2D eigenvalue weighted by Crippen LogP contribution is -2.28. The van der Waals surface area contributed by atoms with Crippen LogP contribution in [0, 0.1) is 0 Å². The van der Waals surface area contributed by atoms with E-state index in [2.05, 4.69) is 30.6 Å². The summed E-state index contributed by atoms with van der Waals surface area (Å²) < 4.78 is 27.7. The molecule has 0 fully saturated rings. The minimum atomic E-state index is -3.77. The molecular formula is C12H13BrN4O2S. The van der Waals surface area contributed by atoms with Crippen LogP contribution in [0.25, 0.3) is 0 Å². The van der Waals surface area contributed by atoms with Gasteiger partial charge in [0.15, 0.2) is 0 Å². The molecule has 1 atom stereocenters. The summed E-state index contributed by atoms with van der Waals surface area (Å²) in [4.78, 5) is 7.87. The molecule has 6 nitrogen and oxygen atoms in total. The molecule has 0 bridgehead atoms. The van der Waals surface area contributed by atoms with E-state index in [-0.39, 0.29) is 10.7 Å². The standard InChI is InChI=1S/C12H13BrN4O2S/c1-8(10-4-2-3-5-15-10)17-20(18,19)11-6-9(13)7-16-12(11)14/h2-8,17H,1H3,(H2,14,16). The first-order valence-electron chi connectivity index (χ1n) is 5.74. The minimum Gasteiger partial charge on any atom is -0.383 e. The number of pyridine rings is 2. The van der Waals surface area contributed by atoms with Crippen LogP contribution < -0.4 is 10.5 Å². The highest BCUT2D eigenvalue weighted by molar-refractivity contribution is 9.10. The van der Waals surface area contributed by atoms with Crippen molar-refractivity contribution in [2.24, 2.45) is 0 Å². The highest BCUT2D eigenvalue weighted by Crippen LogP contribution is 2.22. The number of halogens is 1. The van der Waals surface area contributed by atoms with E-state index in [4.69, 9.17) is 5.73 Å². The van der Waals surface area contributed by atoms with Gasteiger partial charge >= 0.3 is 0 Å². The van der Waals surface area contributed by atoms with Gasteiger partial charge in [-0.15, -0.1) is 0 Å². The van der Waals surface area contributed by atoms with Gasteiger partial charge in [-0.2, -0.15) is 0 Å². The Kier molecular flexibility index (Phi) is 4.36. The van der Waals surface area contributed by atoms with Crippen LogP contribution in [-0.2, 0) is 10.0 Å². The topological polar surface area (TPSA) is 98.0 Å². The van der Waals surface area contributed by atoms with Crippen molar-refractivity contribution in [3.63, 3.8) is 0 Å². The van der Waals surface area contributed by atoms with Crippen molar-refractivity contribution >= 4 is 31.8 Å². The molecule has 0 saturated carbocycles. The van der Waals surface area contributed by atoms with Gasteiger partial charge in [-0.3, -0.25) is 4.98 Å². The second-order valence-corrected chi connectivity index (χ2v) is 6.73. The molecule has 20 heavy (non-hydrogen) atoms. The van der Waals surface area contributed by atoms with Crippen LogP contribution in [0.2, 0.25) is 0 Å². The summed E-state index contributed by atoms with van der Waals surface area (Å²) in [5, 5.41) is 0. The third-order valence-corrected chi connectivity index (χ3v) is 4.60. The zero-order valence-electron chi connectivity index (χ0n) is 10.6. The van der Waals surface area contributed by atoms with E-state index in [0.29, 0.717) is 10.2 Å². The van der Waals surface area contributed by atoms with Crippen LogP contribution in [0.15, 0.2) is 46.0 Å². The van der Waals surface area contributed by atoms with E-state index in [1.807, 2.05) is 0 Å². The van der Waals surface area contributed by atoms with Crippen molar-refractivity contribution in [1.29, 1.82) is 0 Å². The summed E-state index contributed by atoms with van der Waals surface area (Å²) in [6.45, 7) is 1.71. The summed E-state index contributed by atoms with van der Waals surface area (Å²) in [6, 6.07) is 6.24. The number of nitrogens with two attached hydrogens (primary N) is 1. The molecule has 106 valence electrons. The van der Waals surface area contributed by atoms with Gasteiger partial charge in [0.05, 0.1) is 11.7 Å². The van der Waals surface area contributed by atoms with E-state index >= 15 is 0 Å². The smallest absolute Gasteiger partial charge is 0.244 e. The van der Waals surface area contributed by atoms with E-state index < -0.39 is 16.1 Å². The minimum absolute atomic E-state index is 0.0473. The summed E-state index contributed by atoms with van der Waals surface area (Å²) in [6.07, 6.45) is 3.05. The molecule has 2 heterocycles. The maximum absolute atomic E-state index is 12.3. The summed E-state index contributed by atoms with van der Waals surface area (Å²) >= 11 is 3.18. The fourth-order valence-corrected chi connectivity index (χ4v) is 3.44. The zero-order chi connectivity index (χ0) is 14.8. The number of nitrogen functional groups attached to an aromatic ring is 1. The third-order valence-electron chi connectivity index (χ3n) is 2.60. The molecule has 2 aromatic heterocycles. The molecule has 3 N–H and O–H groups in total. The van der Waals surface area contributed by atoms with Crippen molar-refractivity contribution in [2.45, 2.75) is 17.9 Å². The van der Waals surface area contributed by atoms with E-state index in [1.54, 1.807) is 31.3 Å². The van der Waals surface area contributed by atoms with Gasteiger partial charge in [0.1, 0.15) is 10.7 Å². The van der Waals surface area contributed by atoms with Gasteiger partial charge in [0, 0.05) is 16.9 Å². The Bertz CT molecular complexity index is 707. The number of aromatic nitrogens is 2. The number of rotatable bonds is 4. The molecule has 0 aliphatic rings. The molecule has 0 aromatic carbocycles. The average Bonchev–Trinajstić information content (AvgIpc) is 2.42. The highest BCUT2D eigenvalue weighted by atomic mass is 79.9. The van der Waals surface area contributed by atoms with Crippen LogP contribution in [0.1, 0.15) is 18.7 Å². The van der Waals surface area contributed by atoms with Crippen molar-refractivity contribution < 1.29 is 8.42 Å². The monoisotopic (exact) mass is 356 g/mol. The molecule has 0 amide bonds. The Morgan fingerprint density at radius 3 is 2.75 bits per heavy atom. The predicted molar refractivity (Wildman–Crippen MR) is 79.3 cm³/mol. The Morgan fingerprint density at radius 1 is 1.35 bits per heavy atom. The summed E-state index contributed by atoms with van der Waals surface area (Å²) in [5.74, 6) is -0.0473. The molecule has 0 radical (unpaired) electrons. The van der Waals surface area contributed by atoms with Gasteiger partial charge in [-0.05, 0) is 41.1 Å². The Labute approximate surface area is 125 Å². The predicted octanol–water partition coefficient (Wildman–Crippen LogP) is 1.86. The summed E-state index contributed by atoms with van der Waals surface area (Å²) in [5.41, 5.74) is 6.25. The first-order valence-corrected chi connectivity index (χ1v) is 8.02. The number of anilines is 1. The second kappa shape index (κ2) is 5.86. The van der Waals surface area contributed by atoms with Crippen molar-refractivity contribution in [3.8, 4) is 0 Å². The molecule has 2 aromatic rings. The first kappa shape index (κ1) is 14.9. The Morgan fingerprint density at radius 2 is 2.10 bits per heavy atom. The zero-order valence-corrected chi connectivity index (χ0v) is 13.0. The van der Waals surface area contributed by atoms with Crippen LogP contribution in [0.3, 0.4) is 0 Å². The van der Waals surface area contributed by atoms with Gasteiger partial charge in [-0.1, -0.05) is 6.07 Å². The van der Waals surface area contributed by atoms with Crippen LogP contribution in [0.5, 0.6) is 0 Å². The SMILES string of the molecule is CC(NS(=O)(=O)c1cc(Br)cnc1N)c1ccccn1. The molecule has 0 spiro atoms. The van der Waals surface area contributed by atoms with Crippen LogP contribution in [0.4, 0.5) is 5.82 Å². The lowest BCUT2D eigenvalue weighted by atomic mass is 10.2. The van der Waals surface area contributed by atoms with Crippen molar-refractivity contribution in [1.82, 2.24) is 14.7 Å². The van der Waals surface area contributed by atoms with Crippen LogP contribution >= 0.6 is 15.9 Å². The number of sulfonamides is 1. The molecular weight excluding hydrogens is 344 g/mol. The van der Waals surface area contributed by atoms with Gasteiger partial charge < -0.3 is 5.73 Å². The number of nitrogens with one attached hydrogen (secondary N) is 1. The summed E-state index contributed by atoms with van der Waals surface area (Å²) in [7, 11) is -3.77.